The van der Waals surface area contributed by atoms with Crippen molar-refractivity contribution < 1.29 is 31.4 Å². The smallest absolute Gasteiger partial charge is 0.390 e. The highest BCUT2D eigenvalue weighted by Gasteiger charge is 2.35. The second-order valence-electron chi connectivity index (χ2n) is 9.33. The summed E-state index contributed by atoms with van der Waals surface area (Å²) in [5, 5.41) is 21.8. The molecule has 14 heteroatoms. The number of morpholine rings is 1. The first-order chi connectivity index (χ1) is 18.6. The Labute approximate surface area is 223 Å². The van der Waals surface area contributed by atoms with Crippen LogP contribution >= 0.6 is 0 Å². The molecule has 2 aliphatic heterocycles. The van der Waals surface area contributed by atoms with E-state index in [1.165, 1.54) is 22.5 Å². The number of hydrogen-bond donors (Lipinski definition) is 2. The third-order valence-corrected chi connectivity index (χ3v) is 8.65. The van der Waals surface area contributed by atoms with Crippen LogP contribution in [0.4, 0.5) is 24.8 Å². The number of aliphatic hydroxyl groups excluding tert-OH is 1. The molecule has 2 saturated heterocycles. The molecule has 0 amide bonds. The molecule has 1 aromatic carbocycles. The van der Waals surface area contributed by atoms with Gasteiger partial charge in [-0.15, -0.1) is 5.10 Å². The number of pyridine rings is 1. The molecule has 2 atom stereocenters. The minimum atomic E-state index is -4.50. The summed E-state index contributed by atoms with van der Waals surface area (Å²) in [4.78, 5) is 5.93. The van der Waals surface area contributed by atoms with Crippen LogP contribution in [0.25, 0.3) is 11.1 Å². The average Bonchev–Trinajstić information content (AvgIpc) is 2.94. The van der Waals surface area contributed by atoms with E-state index in [9.17, 15) is 26.7 Å². The fourth-order valence-corrected chi connectivity index (χ4v) is 6.03. The van der Waals surface area contributed by atoms with Crippen LogP contribution in [-0.4, -0.2) is 84.5 Å². The number of halogens is 3. The van der Waals surface area contributed by atoms with E-state index in [4.69, 9.17) is 4.74 Å². The van der Waals surface area contributed by atoms with E-state index < -0.39 is 33.9 Å². The molecule has 0 aliphatic carbocycles. The number of ether oxygens (including phenoxy) is 1. The van der Waals surface area contributed by atoms with E-state index in [2.05, 4.69) is 25.4 Å². The molecule has 208 valence electrons. The topological polar surface area (TPSA) is 121 Å². The van der Waals surface area contributed by atoms with Gasteiger partial charge in [-0.3, -0.25) is 0 Å². The molecule has 2 fully saturated rings. The van der Waals surface area contributed by atoms with Crippen molar-refractivity contribution >= 4 is 21.7 Å². The van der Waals surface area contributed by atoms with E-state index in [1.807, 2.05) is 6.07 Å². The molecule has 0 unspecified atom stereocenters. The van der Waals surface area contributed by atoms with Gasteiger partial charge in [-0.05, 0) is 42.3 Å². The largest absolute Gasteiger partial charge is 0.417 e. The zero-order valence-electron chi connectivity index (χ0n) is 20.8. The summed E-state index contributed by atoms with van der Waals surface area (Å²) < 4.78 is 71.4. The van der Waals surface area contributed by atoms with Gasteiger partial charge in [0.15, 0.2) is 5.82 Å². The lowest BCUT2D eigenvalue weighted by Crippen LogP contribution is -2.51. The summed E-state index contributed by atoms with van der Waals surface area (Å²) >= 11 is 0. The highest BCUT2D eigenvalue weighted by atomic mass is 32.2. The van der Waals surface area contributed by atoms with Crippen molar-refractivity contribution in [3.05, 3.63) is 60.4 Å². The lowest BCUT2D eigenvalue weighted by molar-refractivity contribution is -0.137. The summed E-state index contributed by atoms with van der Waals surface area (Å²) in [5.74, 6) is 0.894. The number of anilines is 2. The number of nitrogens with one attached hydrogen (secondary N) is 1. The molecular formula is C25H27F3N6O4S. The normalized spacial score (nSPS) is 21.1. The monoisotopic (exact) mass is 564 g/mol. The summed E-state index contributed by atoms with van der Waals surface area (Å²) in [5.41, 5.74) is 0.707. The second-order valence-corrected chi connectivity index (χ2v) is 11.3. The molecule has 5 rings (SSSR count). The van der Waals surface area contributed by atoms with Crippen LogP contribution in [0.15, 0.2) is 59.8 Å². The Morgan fingerprint density at radius 2 is 1.74 bits per heavy atom. The van der Waals surface area contributed by atoms with Crippen molar-refractivity contribution in [3.8, 4) is 11.1 Å². The predicted molar refractivity (Wildman–Crippen MR) is 137 cm³/mol. The third-order valence-electron chi connectivity index (χ3n) is 6.77. The summed E-state index contributed by atoms with van der Waals surface area (Å²) in [6.07, 6.45) is -3.01. The van der Waals surface area contributed by atoms with Crippen LogP contribution in [0, 0.1) is 0 Å². The molecule has 10 nitrogen and oxygen atoms in total. The Kier molecular flexibility index (Phi) is 7.71. The molecule has 4 heterocycles. The first kappa shape index (κ1) is 27.2. The van der Waals surface area contributed by atoms with E-state index in [0.717, 1.165) is 23.0 Å². The predicted octanol–water partition coefficient (Wildman–Crippen LogP) is 2.63. The number of piperidine rings is 1. The first-order valence-electron chi connectivity index (χ1n) is 12.3. The number of nitrogens with zero attached hydrogens (tertiary/aromatic N) is 5. The SMILES string of the molecule is O=S(=O)(c1ccc(-c2cnnc(N3CCOCC3)c2)cc1)N1CC[C@@H](Nc2ccc(C(F)(F)F)cn2)[C@@H](O)C1. The first-order valence-corrected chi connectivity index (χ1v) is 13.8. The van der Waals surface area contributed by atoms with Crippen LogP contribution in [0.5, 0.6) is 0 Å². The zero-order chi connectivity index (χ0) is 27.6. The molecule has 2 N–H and O–H groups in total. The maximum absolute atomic E-state index is 13.3. The van der Waals surface area contributed by atoms with Gasteiger partial charge in [0.2, 0.25) is 10.0 Å². The van der Waals surface area contributed by atoms with Crippen molar-refractivity contribution in [1.82, 2.24) is 19.5 Å². The summed E-state index contributed by atoms with van der Waals surface area (Å²) in [6.45, 7) is 2.62. The van der Waals surface area contributed by atoms with Gasteiger partial charge in [-0.2, -0.15) is 22.6 Å². The molecule has 3 aromatic rings. The number of alkyl halides is 3. The maximum Gasteiger partial charge on any atom is 0.417 e. The molecule has 2 aromatic heterocycles. The van der Waals surface area contributed by atoms with Crippen molar-refractivity contribution in [3.63, 3.8) is 0 Å². The fraction of sp³-hybridized carbons (Fsp3) is 0.400. The lowest BCUT2D eigenvalue weighted by atomic mass is 10.0. The number of benzene rings is 1. The zero-order valence-corrected chi connectivity index (χ0v) is 21.6. The Morgan fingerprint density at radius 3 is 2.38 bits per heavy atom. The van der Waals surface area contributed by atoms with Crippen molar-refractivity contribution in [2.75, 3.05) is 49.6 Å². The Balaban J connectivity index is 1.23. The molecule has 0 spiro atoms. The van der Waals surface area contributed by atoms with Crippen molar-refractivity contribution in [2.45, 2.75) is 29.6 Å². The summed E-state index contributed by atoms with van der Waals surface area (Å²) in [7, 11) is -3.88. The van der Waals surface area contributed by atoms with E-state index in [0.29, 0.717) is 32.5 Å². The summed E-state index contributed by atoms with van der Waals surface area (Å²) in [6, 6.07) is 9.86. The quantitative estimate of drug-likeness (QED) is 0.466. The van der Waals surface area contributed by atoms with Crippen molar-refractivity contribution in [1.29, 1.82) is 0 Å². The molecule has 2 aliphatic rings. The molecule has 0 bridgehead atoms. The van der Waals surface area contributed by atoms with E-state index >= 15 is 0 Å². The second kappa shape index (κ2) is 11.0. The van der Waals surface area contributed by atoms with Gasteiger partial charge in [0, 0.05) is 37.9 Å². The highest BCUT2D eigenvalue weighted by Crippen LogP contribution is 2.30. The number of β-amino-alcohol motifs (C(OH)–C–C–N with tert-alkyl or cyclic N) is 1. The van der Waals surface area contributed by atoms with Crippen LogP contribution in [0.2, 0.25) is 0 Å². The van der Waals surface area contributed by atoms with Crippen LogP contribution in [-0.2, 0) is 20.9 Å². The van der Waals surface area contributed by atoms with E-state index in [-0.39, 0.29) is 30.2 Å². The Bertz CT molecular complexity index is 1380. The van der Waals surface area contributed by atoms with Gasteiger partial charge in [0.1, 0.15) is 5.82 Å². The molecule has 39 heavy (non-hydrogen) atoms. The van der Waals surface area contributed by atoms with Gasteiger partial charge in [-0.1, -0.05) is 12.1 Å². The van der Waals surface area contributed by atoms with Gasteiger partial charge in [0.05, 0.1) is 42.0 Å². The van der Waals surface area contributed by atoms with Crippen LogP contribution < -0.4 is 10.2 Å². The molecule has 0 saturated carbocycles. The average molecular weight is 565 g/mol. The number of aromatic nitrogens is 3. The fourth-order valence-electron chi connectivity index (χ4n) is 4.55. The molecular weight excluding hydrogens is 537 g/mol. The standard InChI is InChI=1S/C25H27F3N6O4S/c26-25(27,28)19-3-6-23(29-15-19)31-21-7-8-34(16-22(21)35)39(36,37)20-4-1-17(2-5-20)18-13-24(32-30-14-18)33-9-11-38-12-10-33/h1-6,13-15,21-22,35H,7-12,16H2,(H,29,31)/t21-,22+/m1/s1. The third kappa shape index (κ3) is 6.13. The van der Waals surface area contributed by atoms with Crippen molar-refractivity contribution in [2.24, 2.45) is 0 Å². The Hall–Kier alpha value is -3.33. The van der Waals surface area contributed by atoms with Gasteiger partial charge in [0.25, 0.3) is 0 Å². The maximum atomic E-state index is 13.3. The lowest BCUT2D eigenvalue weighted by Gasteiger charge is -2.35. The van der Waals surface area contributed by atoms with E-state index in [1.54, 1.807) is 18.3 Å². The molecule has 0 radical (unpaired) electrons. The minimum Gasteiger partial charge on any atom is -0.390 e. The number of hydrogen-bond acceptors (Lipinski definition) is 9. The van der Waals surface area contributed by atoms with Gasteiger partial charge >= 0.3 is 6.18 Å². The Morgan fingerprint density at radius 1 is 1.00 bits per heavy atom. The van der Waals surface area contributed by atoms with Crippen LogP contribution in [0.1, 0.15) is 12.0 Å². The number of sulfonamides is 1. The highest BCUT2D eigenvalue weighted by molar-refractivity contribution is 7.89. The number of rotatable bonds is 6. The van der Waals surface area contributed by atoms with Crippen LogP contribution in [0.3, 0.4) is 0 Å². The van der Waals surface area contributed by atoms with Gasteiger partial charge in [-0.25, -0.2) is 13.4 Å². The number of aliphatic hydroxyl groups is 1. The minimum absolute atomic E-state index is 0.0877. The van der Waals surface area contributed by atoms with Gasteiger partial charge < -0.3 is 20.1 Å².